The summed E-state index contributed by atoms with van der Waals surface area (Å²) in [5, 5.41) is 0. The molecule has 1 saturated heterocycles. The van der Waals surface area contributed by atoms with Gasteiger partial charge in [0, 0.05) is 19.3 Å². The van der Waals surface area contributed by atoms with Crippen molar-refractivity contribution in [1.29, 1.82) is 0 Å². The fourth-order valence-corrected chi connectivity index (χ4v) is 3.63. The van der Waals surface area contributed by atoms with Crippen LogP contribution in [-0.2, 0) is 0 Å². The molecule has 5 heteroatoms. The molecular weight excluding hydrogens is 313 g/mol. The lowest BCUT2D eigenvalue weighted by Gasteiger charge is -2.32. The third kappa shape index (κ3) is 4.88. The topological polar surface area (TPSA) is 6.48 Å². The van der Waals surface area contributed by atoms with E-state index in [0.29, 0.717) is 11.5 Å². The van der Waals surface area contributed by atoms with E-state index in [1.54, 1.807) is 26.0 Å². The highest BCUT2D eigenvalue weighted by Gasteiger charge is 2.42. The lowest BCUT2D eigenvalue weighted by atomic mass is 9.88. The van der Waals surface area contributed by atoms with Crippen LogP contribution in [0.15, 0.2) is 24.3 Å². The lowest BCUT2D eigenvalue weighted by Crippen LogP contribution is -2.35. The summed E-state index contributed by atoms with van der Waals surface area (Å²) < 4.78 is 39.7. The number of alkyl halides is 3. The smallest absolute Gasteiger partial charge is 0.374 e. The van der Waals surface area contributed by atoms with E-state index in [1.807, 2.05) is 19.2 Å². The second-order valence-corrected chi connectivity index (χ2v) is 7.48. The zero-order valence-corrected chi connectivity index (χ0v) is 15.1. The Kier molecular flexibility index (Phi) is 6.18. The Bertz CT molecular complexity index is 502. The molecule has 2 nitrogen and oxygen atoms in total. The Morgan fingerprint density at radius 2 is 1.67 bits per heavy atom. The molecule has 0 bridgehead atoms. The molecule has 0 radical (unpaired) electrons. The minimum atomic E-state index is -4.20. The number of hydrogen-bond acceptors (Lipinski definition) is 2. The molecular formula is C19H29F3N2. The number of anilines is 1. The summed E-state index contributed by atoms with van der Waals surface area (Å²) in [6.45, 7) is 6.45. The standard InChI is InChI=1S/C19H29F3N2/c1-14(2)18(19(20,21)22)16-5-7-17(8-6-16)24(4)13-15-9-11-23(3)12-10-15/h5-8,14-15,18H,9-13H2,1-4H3. The third-order valence-corrected chi connectivity index (χ3v) is 5.08. The first-order valence-corrected chi connectivity index (χ1v) is 8.75. The second-order valence-electron chi connectivity index (χ2n) is 7.48. The zero-order valence-electron chi connectivity index (χ0n) is 15.1. The van der Waals surface area contributed by atoms with Gasteiger partial charge >= 0.3 is 6.18 Å². The van der Waals surface area contributed by atoms with Gasteiger partial charge in [0.25, 0.3) is 0 Å². The molecule has 1 atom stereocenters. The molecule has 24 heavy (non-hydrogen) atoms. The predicted octanol–water partition coefficient (Wildman–Crippen LogP) is 4.77. The van der Waals surface area contributed by atoms with Crippen LogP contribution >= 0.6 is 0 Å². The van der Waals surface area contributed by atoms with Crippen LogP contribution in [0.2, 0.25) is 0 Å². The quantitative estimate of drug-likeness (QED) is 0.761. The van der Waals surface area contributed by atoms with E-state index in [-0.39, 0.29) is 0 Å². The number of piperidine rings is 1. The minimum Gasteiger partial charge on any atom is -0.374 e. The van der Waals surface area contributed by atoms with Crippen LogP contribution in [-0.4, -0.2) is 44.8 Å². The first-order valence-electron chi connectivity index (χ1n) is 8.75. The van der Waals surface area contributed by atoms with Crippen molar-refractivity contribution in [2.24, 2.45) is 11.8 Å². The van der Waals surface area contributed by atoms with Crippen molar-refractivity contribution in [2.45, 2.75) is 38.8 Å². The first kappa shape index (κ1) is 19.1. The van der Waals surface area contributed by atoms with Crippen LogP contribution in [0.4, 0.5) is 18.9 Å². The van der Waals surface area contributed by atoms with Crippen molar-refractivity contribution in [2.75, 3.05) is 38.6 Å². The van der Waals surface area contributed by atoms with Gasteiger partial charge in [0.15, 0.2) is 0 Å². The molecule has 1 unspecified atom stereocenters. The summed E-state index contributed by atoms with van der Waals surface area (Å²) in [5.41, 5.74) is 1.34. The van der Waals surface area contributed by atoms with Crippen molar-refractivity contribution in [1.82, 2.24) is 4.90 Å². The summed E-state index contributed by atoms with van der Waals surface area (Å²) in [5.74, 6) is -1.21. The Hall–Kier alpha value is -1.23. The molecule has 0 saturated carbocycles. The highest BCUT2D eigenvalue weighted by Crippen LogP contribution is 2.40. The summed E-state index contributed by atoms with van der Waals surface area (Å²) in [7, 11) is 4.17. The predicted molar refractivity (Wildman–Crippen MR) is 93.6 cm³/mol. The van der Waals surface area contributed by atoms with Gasteiger partial charge in [-0.05, 0) is 62.5 Å². The van der Waals surface area contributed by atoms with E-state index in [4.69, 9.17) is 0 Å². The van der Waals surface area contributed by atoms with Crippen LogP contribution in [0.5, 0.6) is 0 Å². The van der Waals surface area contributed by atoms with Crippen LogP contribution in [0, 0.1) is 11.8 Å². The van der Waals surface area contributed by atoms with Gasteiger partial charge in [0.05, 0.1) is 5.92 Å². The molecule has 0 spiro atoms. The van der Waals surface area contributed by atoms with Gasteiger partial charge in [-0.15, -0.1) is 0 Å². The third-order valence-electron chi connectivity index (χ3n) is 5.08. The summed E-state index contributed by atoms with van der Waals surface area (Å²) in [6.07, 6.45) is -1.83. The highest BCUT2D eigenvalue weighted by atomic mass is 19.4. The Labute approximate surface area is 143 Å². The van der Waals surface area contributed by atoms with Gasteiger partial charge in [-0.3, -0.25) is 0 Å². The molecule has 0 amide bonds. The molecule has 1 aromatic rings. The highest BCUT2D eigenvalue weighted by molar-refractivity contribution is 5.47. The molecule has 1 heterocycles. The Morgan fingerprint density at radius 3 is 2.12 bits per heavy atom. The van der Waals surface area contributed by atoms with Crippen LogP contribution < -0.4 is 4.90 Å². The number of benzene rings is 1. The SMILES string of the molecule is CC(C)C(c1ccc(N(C)CC2CCN(C)CC2)cc1)C(F)(F)F. The average Bonchev–Trinajstić information content (AvgIpc) is 2.48. The van der Waals surface area contributed by atoms with Gasteiger partial charge in [-0.1, -0.05) is 26.0 Å². The minimum absolute atomic E-state index is 0.356. The lowest BCUT2D eigenvalue weighted by molar-refractivity contribution is -0.159. The van der Waals surface area contributed by atoms with E-state index >= 15 is 0 Å². The molecule has 1 aliphatic rings. The van der Waals surface area contributed by atoms with E-state index in [0.717, 1.165) is 25.3 Å². The van der Waals surface area contributed by atoms with Gasteiger partial charge < -0.3 is 9.80 Å². The largest absolute Gasteiger partial charge is 0.395 e. The molecule has 0 N–H and O–H groups in total. The van der Waals surface area contributed by atoms with E-state index in [9.17, 15) is 13.2 Å². The maximum absolute atomic E-state index is 13.2. The van der Waals surface area contributed by atoms with Gasteiger partial charge in [-0.2, -0.15) is 13.2 Å². The molecule has 136 valence electrons. The summed E-state index contributed by atoms with van der Waals surface area (Å²) in [4.78, 5) is 4.51. The average molecular weight is 342 g/mol. The Balaban J connectivity index is 2.02. The van der Waals surface area contributed by atoms with E-state index in [1.165, 1.54) is 12.8 Å². The molecule has 1 aromatic carbocycles. The van der Waals surface area contributed by atoms with Gasteiger partial charge in [0.2, 0.25) is 0 Å². The number of halogens is 3. The summed E-state index contributed by atoms with van der Waals surface area (Å²) >= 11 is 0. The zero-order chi connectivity index (χ0) is 17.9. The van der Waals surface area contributed by atoms with E-state index < -0.39 is 18.0 Å². The van der Waals surface area contributed by atoms with Crippen molar-refractivity contribution >= 4 is 5.69 Å². The summed E-state index contributed by atoms with van der Waals surface area (Å²) in [6, 6.07) is 6.92. The second kappa shape index (κ2) is 7.77. The fraction of sp³-hybridized carbons (Fsp3) is 0.684. The normalized spacial score (nSPS) is 18.8. The van der Waals surface area contributed by atoms with Gasteiger partial charge in [-0.25, -0.2) is 0 Å². The Morgan fingerprint density at radius 1 is 1.12 bits per heavy atom. The number of nitrogens with zero attached hydrogens (tertiary/aromatic N) is 2. The van der Waals surface area contributed by atoms with Crippen LogP contribution in [0.3, 0.4) is 0 Å². The maximum Gasteiger partial charge on any atom is 0.395 e. The monoisotopic (exact) mass is 342 g/mol. The first-order chi connectivity index (χ1) is 11.2. The van der Waals surface area contributed by atoms with Crippen LogP contribution in [0.1, 0.15) is 38.2 Å². The number of hydrogen-bond donors (Lipinski definition) is 0. The molecule has 2 rings (SSSR count). The fourth-order valence-electron chi connectivity index (χ4n) is 3.63. The van der Waals surface area contributed by atoms with Crippen molar-refractivity contribution in [3.8, 4) is 0 Å². The molecule has 1 aliphatic heterocycles. The van der Waals surface area contributed by atoms with Gasteiger partial charge in [0.1, 0.15) is 0 Å². The molecule has 0 aromatic heterocycles. The number of likely N-dealkylation sites (tertiary alicyclic amines) is 1. The van der Waals surface area contributed by atoms with E-state index in [2.05, 4.69) is 16.8 Å². The molecule has 0 aliphatic carbocycles. The maximum atomic E-state index is 13.2. The van der Waals surface area contributed by atoms with Crippen molar-refractivity contribution in [3.05, 3.63) is 29.8 Å². The number of rotatable bonds is 5. The van der Waals surface area contributed by atoms with Crippen molar-refractivity contribution in [3.63, 3.8) is 0 Å². The van der Waals surface area contributed by atoms with Crippen molar-refractivity contribution < 1.29 is 13.2 Å². The molecule has 1 fully saturated rings. The van der Waals surface area contributed by atoms with Crippen LogP contribution in [0.25, 0.3) is 0 Å².